The number of halogens is 1. The van der Waals surface area contributed by atoms with Crippen molar-refractivity contribution in [1.82, 2.24) is 0 Å². The summed E-state index contributed by atoms with van der Waals surface area (Å²) in [5.74, 6) is 0.339. The van der Waals surface area contributed by atoms with E-state index in [-0.39, 0.29) is 5.41 Å². The van der Waals surface area contributed by atoms with E-state index in [1.54, 1.807) is 6.07 Å². The number of hydrogen-bond donors (Lipinski definition) is 1. The first-order chi connectivity index (χ1) is 8.41. The van der Waals surface area contributed by atoms with Crippen LogP contribution >= 0.6 is 11.6 Å². The number of hydrogen-bond acceptors (Lipinski definition) is 1. The molecule has 18 heavy (non-hydrogen) atoms. The molecule has 2 aromatic carbocycles. The standard InChI is InChI=1S/C16H17ClO/c1-11-10-13(6-9-15(11)18)16(2,3)12-4-7-14(17)8-5-12/h4-10,18H,1-3H3. The molecule has 0 aliphatic rings. The fourth-order valence-electron chi connectivity index (χ4n) is 2.08. The Morgan fingerprint density at radius 1 is 0.944 bits per heavy atom. The van der Waals surface area contributed by atoms with E-state index < -0.39 is 0 Å². The molecule has 0 spiro atoms. The van der Waals surface area contributed by atoms with Crippen molar-refractivity contribution in [2.45, 2.75) is 26.2 Å². The van der Waals surface area contributed by atoms with Gasteiger partial charge in [-0.2, -0.15) is 0 Å². The second-order valence-corrected chi connectivity index (χ2v) is 5.57. The van der Waals surface area contributed by atoms with E-state index >= 15 is 0 Å². The maximum Gasteiger partial charge on any atom is 0.118 e. The molecule has 0 radical (unpaired) electrons. The minimum Gasteiger partial charge on any atom is -0.508 e. The van der Waals surface area contributed by atoms with Gasteiger partial charge in [0.05, 0.1) is 0 Å². The zero-order valence-corrected chi connectivity index (χ0v) is 11.6. The number of phenols is 1. The van der Waals surface area contributed by atoms with E-state index in [2.05, 4.69) is 13.8 Å². The predicted molar refractivity (Wildman–Crippen MR) is 76.4 cm³/mol. The third-order valence-corrected chi connectivity index (χ3v) is 3.74. The Morgan fingerprint density at radius 2 is 1.50 bits per heavy atom. The molecule has 0 saturated heterocycles. The van der Waals surface area contributed by atoms with Crippen molar-refractivity contribution >= 4 is 11.6 Å². The van der Waals surface area contributed by atoms with E-state index in [9.17, 15) is 5.11 Å². The van der Waals surface area contributed by atoms with Gasteiger partial charge in [0.15, 0.2) is 0 Å². The molecule has 2 heteroatoms. The van der Waals surface area contributed by atoms with Crippen molar-refractivity contribution in [2.24, 2.45) is 0 Å². The number of benzene rings is 2. The van der Waals surface area contributed by atoms with E-state index in [1.165, 1.54) is 11.1 Å². The summed E-state index contributed by atoms with van der Waals surface area (Å²) in [6.07, 6.45) is 0. The van der Waals surface area contributed by atoms with Gasteiger partial charge in [0, 0.05) is 10.4 Å². The molecule has 2 aromatic rings. The van der Waals surface area contributed by atoms with Crippen LogP contribution in [0.3, 0.4) is 0 Å². The SMILES string of the molecule is Cc1cc(C(C)(C)c2ccc(Cl)cc2)ccc1O. The fraction of sp³-hybridized carbons (Fsp3) is 0.250. The van der Waals surface area contributed by atoms with Crippen molar-refractivity contribution in [3.05, 3.63) is 64.2 Å². The molecule has 0 atom stereocenters. The first-order valence-corrected chi connectivity index (χ1v) is 6.35. The molecule has 0 aromatic heterocycles. The number of phenolic OH excluding ortho intramolecular Hbond substituents is 1. The van der Waals surface area contributed by atoms with E-state index in [4.69, 9.17) is 11.6 Å². The lowest BCUT2D eigenvalue weighted by Crippen LogP contribution is -2.18. The van der Waals surface area contributed by atoms with Crippen LogP contribution in [-0.4, -0.2) is 5.11 Å². The minimum atomic E-state index is -0.108. The Bertz CT molecular complexity index is 556. The third kappa shape index (κ3) is 2.37. The number of rotatable bonds is 2. The summed E-state index contributed by atoms with van der Waals surface area (Å²) in [6.45, 7) is 6.25. The highest BCUT2D eigenvalue weighted by Gasteiger charge is 2.23. The van der Waals surface area contributed by atoms with Gasteiger partial charge in [-0.05, 0) is 41.8 Å². The van der Waals surface area contributed by atoms with Gasteiger partial charge in [0.25, 0.3) is 0 Å². The Morgan fingerprint density at radius 3 is 2.06 bits per heavy atom. The molecule has 0 bridgehead atoms. The van der Waals surface area contributed by atoms with Crippen molar-refractivity contribution in [2.75, 3.05) is 0 Å². The normalized spacial score (nSPS) is 11.6. The summed E-state index contributed by atoms with van der Waals surface area (Å²) in [5.41, 5.74) is 3.18. The number of aromatic hydroxyl groups is 1. The highest BCUT2D eigenvalue weighted by molar-refractivity contribution is 6.30. The van der Waals surface area contributed by atoms with Gasteiger partial charge in [-0.25, -0.2) is 0 Å². The van der Waals surface area contributed by atoms with E-state index in [1.807, 2.05) is 43.3 Å². The lowest BCUT2D eigenvalue weighted by molar-refractivity contribution is 0.470. The second-order valence-electron chi connectivity index (χ2n) is 5.13. The summed E-state index contributed by atoms with van der Waals surface area (Å²) in [7, 11) is 0. The van der Waals surface area contributed by atoms with Gasteiger partial charge in [-0.15, -0.1) is 0 Å². The van der Waals surface area contributed by atoms with Crippen LogP contribution in [0.25, 0.3) is 0 Å². The summed E-state index contributed by atoms with van der Waals surface area (Å²) < 4.78 is 0. The molecule has 1 N–H and O–H groups in total. The minimum absolute atomic E-state index is 0.108. The number of aryl methyl sites for hydroxylation is 1. The van der Waals surface area contributed by atoms with Crippen LogP contribution in [-0.2, 0) is 5.41 Å². The van der Waals surface area contributed by atoms with Crippen LogP contribution in [0.15, 0.2) is 42.5 Å². The Hall–Kier alpha value is -1.47. The van der Waals surface area contributed by atoms with Crippen LogP contribution in [0.1, 0.15) is 30.5 Å². The fourth-order valence-corrected chi connectivity index (χ4v) is 2.20. The summed E-state index contributed by atoms with van der Waals surface area (Å²) >= 11 is 5.92. The lowest BCUT2D eigenvalue weighted by atomic mass is 9.78. The maximum absolute atomic E-state index is 9.60. The van der Waals surface area contributed by atoms with Gasteiger partial charge in [0.2, 0.25) is 0 Å². The summed E-state index contributed by atoms with van der Waals surface area (Å²) in [4.78, 5) is 0. The Balaban J connectivity index is 2.46. The maximum atomic E-state index is 9.60. The van der Waals surface area contributed by atoms with Crippen LogP contribution in [0.2, 0.25) is 5.02 Å². The van der Waals surface area contributed by atoms with Gasteiger partial charge < -0.3 is 5.11 Å². The average molecular weight is 261 g/mol. The van der Waals surface area contributed by atoms with Crippen molar-refractivity contribution in [3.8, 4) is 5.75 Å². The Labute approximate surface area is 113 Å². The van der Waals surface area contributed by atoms with Gasteiger partial charge in [-0.1, -0.05) is 49.7 Å². The van der Waals surface area contributed by atoms with E-state index in [0.29, 0.717) is 5.75 Å². The zero-order chi connectivity index (χ0) is 13.3. The molecule has 1 nitrogen and oxygen atoms in total. The monoisotopic (exact) mass is 260 g/mol. The first kappa shape index (κ1) is 13.0. The van der Waals surface area contributed by atoms with Crippen LogP contribution < -0.4 is 0 Å². The Kier molecular flexibility index (Phi) is 3.36. The zero-order valence-electron chi connectivity index (χ0n) is 10.9. The molecule has 2 rings (SSSR count). The van der Waals surface area contributed by atoms with Crippen LogP contribution in [0.5, 0.6) is 5.75 Å². The smallest absolute Gasteiger partial charge is 0.118 e. The van der Waals surface area contributed by atoms with Crippen molar-refractivity contribution in [3.63, 3.8) is 0 Å². The first-order valence-electron chi connectivity index (χ1n) is 5.97. The summed E-state index contributed by atoms with van der Waals surface area (Å²) in [6, 6.07) is 13.7. The highest BCUT2D eigenvalue weighted by Crippen LogP contribution is 2.34. The molecule has 0 amide bonds. The molecule has 0 aliphatic carbocycles. The molecule has 0 aliphatic heterocycles. The molecule has 0 fully saturated rings. The largest absolute Gasteiger partial charge is 0.508 e. The lowest BCUT2D eigenvalue weighted by Gasteiger charge is -2.26. The average Bonchev–Trinajstić information content (AvgIpc) is 2.33. The van der Waals surface area contributed by atoms with E-state index in [0.717, 1.165) is 10.6 Å². The molecule has 0 saturated carbocycles. The molecular formula is C16H17ClO. The second kappa shape index (κ2) is 4.66. The molecular weight excluding hydrogens is 244 g/mol. The highest BCUT2D eigenvalue weighted by atomic mass is 35.5. The van der Waals surface area contributed by atoms with Gasteiger partial charge in [-0.3, -0.25) is 0 Å². The van der Waals surface area contributed by atoms with Gasteiger partial charge in [0.1, 0.15) is 5.75 Å². The predicted octanol–water partition coefficient (Wildman–Crippen LogP) is 4.68. The van der Waals surface area contributed by atoms with Crippen molar-refractivity contribution < 1.29 is 5.11 Å². The third-order valence-electron chi connectivity index (χ3n) is 3.48. The van der Waals surface area contributed by atoms with Gasteiger partial charge >= 0.3 is 0 Å². The topological polar surface area (TPSA) is 20.2 Å². The summed E-state index contributed by atoms with van der Waals surface area (Å²) in [5, 5.41) is 10.3. The molecule has 94 valence electrons. The van der Waals surface area contributed by atoms with Crippen molar-refractivity contribution in [1.29, 1.82) is 0 Å². The molecule has 0 heterocycles. The molecule has 0 unspecified atom stereocenters. The van der Waals surface area contributed by atoms with Crippen LogP contribution in [0.4, 0.5) is 0 Å². The quantitative estimate of drug-likeness (QED) is 0.831. The van der Waals surface area contributed by atoms with Crippen LogP contribution in [0, 0.1) is 6.92 Å².